The molecule has 37 heavy (non-hydrogen) atoms. The second-order valence-corrected chi connectivity index (χ2v) is 9.94. The third-order valence-corrected chi connectivity index (χ3v) is 7.67. The lowest BCUT2D eigenvalue weighted by molar-refractivity contribution is -0.188. The van der Waals surface area contributed by atoms with Gasteiger partial charge in [0.2, 0.25) is 0 Å². The smallest absolute Gasteiger partial charge is 0.356 e. The minimum atomic E-state index is -0.849. The topological polar surface area (TPSA) is 76.2 Å². The van der Waals surface area contributed by atoms with Gasteiger partial charge in [0.1, 0.15) is 11.1 Å². The molecular formula is C29H26N2O5S. The van der Waals surface area contributed by atoms with Crippen LogP contribution in [0.1, 0.15) is 31.1 Å². The fraction of sp³-hybridized carbons (Fsp3) is 0.207. The Balaban J connectivity index is 1.40. The Morgan fingerprint density at radius 2 is 1.46 bits per heavy atom. The number of rotatable bonds is 7. The molecule has 3 aromatic carbocycles. The molecule has 7 nitrogen and oxygen atoms in total. The number of fused-ring (bicyclic) bond motifs is 1. The summed E-state index contributed by atoms with van der Waals surface area (Å²) in [6.45, 7) is 3.18. The van der Waals surface area contributed by atoms with Crippen LogP contribution in [0.4, 0.5) is 0 Å². The van der Waals surface area contributed by atoms with E-state index in [2.05, 4.69) is 0 Å². The molecule has 0 aromatic heterocycles. The maximum Gasteiger partial charge on any atom is 0.356 e. The quantitative estimate of drug-likeness (QED) is 0.258. The van der Waals surface area contributed by atoms with Gasteiger partial charge >= 0.3 is 5.97 Å². The van der Waals surface area contributed by atoms with E-state index in [0.717, 1.165) is 21.8 Å². The Morgan fingerprint density at radius 3 is 2.00 bits per heavy atom. The molecule has 2 aliphatic rings. The van der Waals surface area contributed by atoms with Crippen molar-refractivity contribution in [3.63, 3.8) is 0 Å². The molecule has 0 radical (unpaired) electrons. The van der Waals surface area contributed by atoms with Gasteiger partial charge < -0.3 is 9.57 Å². The van der Waals surface area contributed by atoms with Gasteiger partial charge in [0.05, 0.1) is 0 Å². The zero-order valence-electron chi connectivity index (χ0n) is 20.4. The largest absolute Gasteiger partial charge is 0.448 e. The molecule has 188 valence electrons. The standard InChI is InChI=1S/C29H26N2O5S/c1-19-18-37-28-25(31(20(2)32)36-23-16-10-5-11-17-23)27(33)30(28)24(19)29(34)35-26(21-12-6-3-7-13-21)22-14-8-4-9-15-22/h3-17,25-26,28H,18H2,1-2H3/t25-,28-/m1/s1. The monoisotopic (exact) mass is 514 g/mol. The average molecular weight is 515 g/mol. The van der Waals surface area contributed by atoms with Gasteiger partial charge in [-0.25, -0.2) is 4.79 Å². The number of hydrogen-bond acceptors (Lipinski definition) is 6. The maximum atomic E-state index is 13.6. The molecule has 2 aliphatic heterocycles. The highest BCUT2D eigenvalue weighted by Crippen LogP contribution is 2.43. The first-order valence-corrected chi connectivity index (χ1v) is 13.0. The molecule has 3 aromatic rings. The Morgan fingerprint density at radius 1 is 0.919 bits per heavy atom. The van der Waals surface area contributed by atoms with Crippen LogP contribution < -0.4 is 4.84 Å². The van der Waals surface area contributed by atoms with Gasteiger partial charge in [0, 0.05) is 12.7 Å². The highest BCUT2D eigenvalue weighted by molar-refractivity contribution is 8.00. The molecule has 0 spiro atoms. The lowest BCUT2D eigenvalue weighted by Gasteiger charge is -2.51. The minimum absolute atomic E-state index is 0.227. The highest BCUT2D eigenvalue weighted by Gasteiger charge is 2.58. The van der Waals surface area contributed by atoms with Gasteiger partial charge in [-0.2, -0.15) is 5.06 Å². The summed E-state index contributed by atoms with van der Waals surface area (Å²) < 4.78 is 6.06. The lowest BCUT2D eigenvalue weighted by atomic mass is 10.0. The zero-order valence-corrected chi connectivity index (χ0v) is 21.3. The number of esters is 1. The van der Waals surface area contributed by atoms with E-state index in [1.807, 2.05) is 73.7 Å². The first-order valence-electron chi connectivity index (χ1n) is 11.9. The number of β-lactam (4-membered cyclic amide) rings is 1. The molecule has 0 N–H and O–H groups in total. The van der Waals surface area contributed by atoms with Gasteiger partial charge in [0.25, 0.3) is 11.8 Å². The zero-order chi connectivity index (χ0) is 25.9. The van der Waals surface area contributed by atoms with E-state index in [0.29, 0.717) is 11.5 Å². The summed E-state index contributed by atoms with van der Waals surface area (Å²) >= 11 is 1.49. The van der Waals surface area contributed by atoms with Crippen molar-refractivity contribution in [1.82, 2.24) is 9.96 Å². The number of carbonyl (C=O) groups excluding carboxylic acids is 3. The summed E-state index contributed by atoms with van der Waals surface area (Å²) in [5, 5.41) is 0.643. The van der Waals surface area contributed by atoms with Crippen molar-refractivity contribution in [2.45, 2.75) is 31.4 Å². The molecule has 0 aliphatic carbocycles. The summed E-state index contributed by atoms with van der Waals surface area (Å²) in [7, 11) is 0. The number of hydroxylamine groups is 2. The molecule has 0 bridgehead atoms. The van der Waals surface area contributed by atoms with E-state index in [4.69, 9.17) is 9.57 Å². The summed E-state index contributed by atoms with van der Waals surface area (Å²) in [6.07, 6.45) is -0.634. The van der Waals surface area contributed by atoms with Crippen molar-refractivity contribution < 1.29 is 24.0 Å². The predicted octanol–water partition coefficient (Wildman–Crippen LogP) is 4.72. The molecule has 2 amide bonds. The molecule has 1 fully saturated rings. The molecular weight excluding hydrogens is 488 g/mol. The van der Waals surface area contributed by atoms with Gasteiger partial charge in [-0.15, -0.1) is 11.8 Å². The van der Waals surface area contributed by atoms with Crippen LogP contribution in [0.2, 0.25) is 0 Å². The fourth-order valence-corrected chi connectivity index (χ4v) is 5.81. The van der Waals surface area contributed by atoms with Crippen LogP contribution in [0.25, 0.3) is 0 Å². The number of hydrogen-bond donors (Lipinski definition) is 0. The van der Waals surface area contributed by atoms with E-state index >= 15 is 0 Å². The number of thioether (sulfide) groups is 1. The summed E-state index contributed by atoms with van der Waals surface area (Å²) in [4.78, 5) is 46.7. The highest BCUT2D eigenvalue weighted by atomic mass is 32.2. The van der Waals surface area contributed by atoms with E-state index in [1.54, 1.807) is 24.3 Å². The third-order valence-electron chi connectivity index (χ3n) is 6.26. The Labute approximate surface area is 219 Å². The summed E-state index contributed by atoms with van der Waals surface area (Å²) in [5.41, 5.74) is 2.63. The number of benzene rings is 3. The lowest BCUT2D eigenvalue weighted by Crippen LogP contribution is -2.71. The fourth-order valence-electron chi connectivity index (χ4n) is 4.48. The Hall–Kier alpha value is -4.04. The molecule has 2 atom stereocenters. The second-order valence-electron chi connectivity index (χ2n) is 8.84. The normalized spacial score (nSPS) is 18.7. The summed E-state index contributed by atoms with van der Waals surface area (Å²) in [5.74, 6) is -0.389. The maximum absolute atomic E-state index is 13.6. The SMILES string of the molecule is CC(=O)N(Oc1ccccc1)[C@@H]1C(=O)N2C(C(=O)OC(c3ccccc3)c3ccccc3)=C(C)CS[C@H]12. The van der Waals surface area contributed by atoms with E-state index < -0.39 is 29.4 Å². The third kappa shape index (κ3) is 4.84. The molecule has 8 heteroatoms. The van der Waals surface area contributed by atoms with Crippen LogP contribution in [0.5, 0.6) is 5.75 Å². The number of nitrogens with zero attached hydrogens (tertiary/aromatic N) is 2. The molecule has 5 rings (SSSR count). The van der Waals surface area contributed by atoms with Crippen LogP contribution >= 0.6 is 11.8 Å². The van der Waals surface area contributed by atoms with Crippen LogP contribution in [-0.4, -0.2) is 44.9 Å². The summed E-state index contributed by atoms with van der Waals surface area (Å²) in [6, 6.07) is 27.0. The number of ether oxygens (including phenoxy) is 1. The molecule has 1 saturated heterocycles. The molecule has 2 heterocycles. The van der Waals surface area contributed by atoms with Crippen molar-refractivity contribution in [3.05, 3.63) is 113 Å². The van der Waals surface area contributed by atoms with Crippen molar-refractivity contribution in [2.75, 3.05) is 5.75 Å². The van der Waals surface area contributed by atoms with Gasteiger partial charge in [-0.3, -0.25) is 14.5 Å². The second kappa shape index (κ2) is 10.5. The van der Waals surface area contributed by atoms with Crippen LogP contribution in [0, 0.1) is 0 Å². The molecule has 0 saturated carbocycles. The van der Waals surface area contributed by atoms with E-state index in [1.165, 1.54) is 23.6 Å². The minimum Gasteiger partial charge on any atom is -0.448 e. The predicted molar refractivity (Wildman–Crippen MR) is 140 cm³/mol. The van der Waals surface area contributed by atoms with Crippen molar-refractivity contribution in [1.29, 1.82) is 0 Å². The van der Waals surface area contributed by atoms with Crippen LogP contribution in [0.3, 0.4) is 0 Å². The van der Waals surface area contributed by atoms with Crippen LogP contribution in [-0.2, 0) is 19.1 Å². The van der Waals surface area contributed by atoms with E-state index in [9.17, 15) is 14.4 Å². The van der Waals surface area contributed by atoms with Crippen molar-refractivity contribution in [2.24, 2.45) is 0 Å². The Bertz CT molecular complexity index is 1290. The van der Waals surface area contributed by atoms with Gasteiger partial charge in [-0.05, 0) is 35.8 Å². The Kier molecular flexibility index (Phi) is 7.01. The van der Waals surface area contributed by atoms with Crippen LogP contribution in [0.15, 0.2) is 102 Å². The number of para-hydroxylation sites is 1. The number of carbonyl (C=O) groups is 3. The first-order chi connectivity index (χ1) is 18.0. The molecule has 0 unspecified atom stereocenters. The first kappa shape index (κ1) is 24.6. The van der Waals surface area contributed by atoms with E-state index in [-0.39, 0.29) is 11.6 Å². The van der Waals surface area contributed by atoms with Gasteiger partial charge in [-0.1, -0.05) is 78.9 Å². The van der Waals surface area contributed by atoms with Crippen molar-refractivity contribution in [3.8, 4) is 5.75 Å². The van der Waals surface area contributed by atoms with Gasteiger partial charge in [0.15, 0.2) is 17.9 Å². The number of amides is 2. The van der Waals surface area contributed by atoms with Crippen molar-refractivity contribution >= 4 is 29.5 Å². The average Bonchev–Trinajstić information content (AvgIpc) is 2.92.